The number of aliphatic hydroxyl groups is 1. The zero-order chi connectivity index (χ0) is 11.5. The van der Waals surface area contributed by atoms with E-state index >= 15 is 0 Å². The molecule has 1 aliphatic rings. The van der Waals surface area contributed by atoms with Crippen LogP contribution in [0, 0.1) is 11.8 Å². The fraction of sp³-hybridized carbons (Fsp3) is 0.500. The van der Waals surface area contributed by atoms with Crippen LogP contribution >= 0.6 is 0 Å². The van der Waals surface area contributed by atoms with E-state index in [1.54, 1.807) is 0 Å². The summed E-state index contributed by atoms with van der Waals surface area (Å²) in [5, 5.41) is 10.2. The van der Waals surface area contributed by atoms with Gasteiger partial charge in [-0.25, -0.2) is 0 Å². The predicted octanol–water partition coefficient (Wildman–Crippen LogP) is 2.73. The molecule has 86 valence electrons. The molecular formula is C14H18O2. The molecule has 2 rings (SSSR count). The number of hydrogen-bond donors (Lipinski definition) is 1. The highest BCUT2D eigenvalue weighted by Crippen LogP contribution is 2.34. The number of ketones is 1. The third-order valence-corrected chi connectivity index (χ3v) is 3.53. The van der Waals surface area contributed by atoms with Gasteiger partial charge in [0.2, 0.25) is 0 Å². The molecule has 0 saturated heterocycles. The number of carbonyl (C=O) groups is 1. The summed E-state index contributed by atoms with van der Waals surface area (Å²) in [6.45, 7) is 1.96. The second-order valence-electron chi connectivity index (χ2n) is 4.70. The molecule has 0 spiro atoms. The Bertz CT molecular complexity index is 358. The van der Waals surface area contributed by atoms with E-state index in [1.165, 1.54) is 0 Å². The summed E-state index contributed by atoms with van der Waals surface area (Å²) in [6.07, 6.45) is 2.20. The SMILES string of the molecule is C[C@H]1CCC[C@H]([C@@H](O)c2ccccc2)C1=O. The van der Waals surface area contributed by atoms with E-state index in [-0.39, 0.29) is 17.6 Å². The first-order chi connectivity index (χ1) is 7.70. The molecule has 0 aliphatic heterocycles. The Balaban J connectivity index is 2.15. The quantitative estimate of drug-likeness (QED) is 0.828. The van der Waals surface area contributed by atoms with Crippen LogP contribution in [-0.2, 0) is 4.79 Å². The molecule has 1 fully saturated rings. The Kier molecular flexibility index (Phi) is 3.39. The minimum Gasteiger partial charge on any atom is -0.388 e. The molecule has 1 aliphatic carbocycles. The van der Waals surface area contributed by atoms with Crippen LogP contribution in [0.3, 0.4) is 0 Å². The Morgan fingerprint density at radius 2 is 1.94 bits per heavy atom. The van der Waals surface area contributed by atoms with Crippen molar-refractivity contribution < 1.29 is 9.90 Å². The lowest BCUT2D eigenvalue weighted by Crippen LogP contribution is -2.31. The molecule has 0 bridgehead atoms. The molecule has 1 aromatic carbocycles. The van der Waals surface area contributed by atoms with Gasteiger partial charge in [-0.3, -0.25) is 4.79 Å². The number of hydrogen-bond acceptors (Lipinski definition) is 2. The van der Waals surface area contributed by atoms with E-state index in [0.29, 0.717) is 0 Å². The first-order valence-corrected chi connectivity index (χ1v) is 5.97. The zero-order valence-electron chi connectivity index (χ0n) is 9.60. The van der Waals surface area contributed by atoms with Gasteiger partial charge < -0.3 is 5.11 Å². The Labute approximate surface area is 96.3 Å². The van der Waals surface area contributed by atoms with Crippen molar-refractivity contribution in [2.45, 2.75) is 32.3 Å². The molecule has 1 aromatic rings. The molecule has 1 N–H and O–H groups in total. The molecule has 16 heavy (non-hydrogen) atoms. The van der Waals surface area contributed by atoms with Gasteiger partial charge in [0.05, 0.1) is 6.10 Å². The van der Waals surface area contributed by atoms with Crippen molar-refractivity contribution in [1.82, 2.24) is 0 Å². The van der Waals surface area contributed by atoms with Crippen LogP contribution in [0.15, 0.2) is 30.3 Å². The first kappa shape index (κ1) is 11.3. The van der Waals surface area contributed by atoms with E-state index in [1.807, 2.05) is 37.3 Å². The second kappa shape index (κ2) is 4.79. The highest BCUT2D eigenvalue weighted by Gasteiger charge is 2.33. The minimum atomic E-state index is -0.628. The number of aliphatic hydroxyl groups excluding tert-OH is 1. The third kappa shape index (κ3) is 2.17. The number of Topliss-reactive ketones (excluding diaryl/α,β-unsaturated/α-hetero) is 1. The van der Waals surface area contributed by atoms with Crippen LogP contribution < -0.4 is 0 Å². The Morgan fingerprint density at radius 1 is 1.25 bits per heavy atom. The topological polar surface area (TPSA) is 37.3 Å². The summed E-state index contributed by atoms with van der Waals surface area (Å²) in [7, 11) is 0. The first-order valence-electron chi connectivity index (χ1n) is 5.97. The van der Waals surface area contributed by atoms with Gasteiger partial charge in [-0.1, -0.05) is 43.7 Å². The molecular weight excluding hydrogens is 200 g/mol. The highest BCUT2D eigenvalue weighted by atomic mass is 16.3. The standard InChI is InChI=1S/C14H18O2/c1-10-6-5-9-12(13(10)15)14(16)11-7-3-2-4-8-11/h2-4,7-8,10,12,14,16H,5-6,9H2,1H3/t10-,12-,14-/m0/s1. The van der Waals surface area contributed by atoms with Gasteiger partial charge in [-0.15, -0.1) is 0 Å². The van der Waals surface area contributed by atoms with Crippen molar-refractivity contribution in [3.8, 4) is 0 Å². The fourth-order valence-corrected chi connectivity index (χ4v) is 2.49. The summed E-state index contributed by atoms with van der Waals surface area (Å²) in [4.78, 5) is 12.0. The Morgan fingerprint density at radius 3 is 2.62 bits per heavy atom. The summed E-state index contributed by atoms with van der Waals surface area (Å²) >= 11 is 0. The van der Waals surface area contributed by atoms with Crippen LogP contribution in [0.25, 0.3) is 0 Å². The fourth-order valence-electron chi connectivity index (χ4n) is 2.49. The maximum absolute atomic E-state index is 12.0. The van der Waals surface area contributed by atoms with Crippen molar-refractivity contribution >= 4 is 5.78 Å². The van der Waals surface area contributed by atoms with Gasteiger partial charge in [-0.05, 0) is 18.4 Å². The lowest BCUT2D eigenvalue weighted by molar-refractivity contribution is -0.132. The average Bonchev–Trinajstić information content (AvgIpc) is 2.33. The van der Waals surface area contributed by atoms with Crippen molar-refractivity contribution in [1.29, 1.82) is 0 Å². The molecule has 2 heteroatoms. The average molecular weight is 218 g/mol. The molecule has 1 saturated carbocycles. The molecule has 0 radical (unpaired) electrons. The van der Waals surface area contributed by atoms with Gasteiger partial charge in [0.1, 0.15) is 5.78 Å². The van der Waals surface area contributed by atoms with Crippen LogP contribution in [0.1, 0.15) is 37.9 Å². The summed E-state index contributed by atoms with van der Waals surface area (Å²) in [6, 6.07) is 9.49. The maximum atomic E-state index is 12.0. The summed E-state index contributed by atoms with van der Waals surface area (Å²) < 4.78 is 0. The Hall–Kier alpha value is -1.15. The van der Waals surface area contributed by atoms with E-state index < -0.39 is 6.10 Å². The molecule has 0 aromatic heterocycles. The van der Waals surface area contributed by atoms with Crippen molar-refractivity contribution in [3.05, 3.63) is 35.9 Å². The van der Waals surface area contributed by atoms with E-state index in [0.717, 1.165) is 24.8 Å². The van der Waals surface area contributed by atoms with E-state index in [9.17, 15) is 9.90 Å². The van der Waals surface area contributed by atoms with Crippen molar-refractivity contribution in [2.24, 2.45) is 11.8 Å². The maximum Gasteiger partial charge on any atom is 0.141 e. The molecule has 2 nitrogen and oxygen atoms in total. The van der Waals surface area contributed by atoms with Gasteiger partial charge in [0, 0.05) is 11.8 Å². The summed E-state index contributed by atoms with van der Waals surface area (Å²) in [5.41, 5.74) is 0.856. The lowest BCUT2D eigenvalue weighted by Gasteiger charge is -2.29. The zero-order valence-corrected chi connectivity index (χ0v) is 9.60. The van der Waals surface area contributed by atoms with Crippen LogP contribution in [0.5, 0.6) is 0 Å². The molecule has 0 heterocycles. The smallest absolute Gasteiger partial charge is 0.141 e. The van der Waals surface area contributed by atoms with E-state index in [2.05, 4.69) is 0 Å². The van der Waals surface area contributed by atoms with Crippen LogP contribution in [0.4, 0.5) is 0 Å². The van der Waals surface area contributed by atoms with Crippen LogP contribution in [-0.4, -0.2) is 10.9 Å². The van der Waals surface area contributed by atoms with Crippen molar-refractivity contribution in [3.63, 3.8) is 0 Å². The predicted molar refractivity (Wildman–Crippen MR) is 62.9 cm³/mol. The molecule has 3 atom stereocenters. The normalized spacial score (nSPS) is 27.8. The summed E-state index contributed by atoms with van der Waals surface area (Å²) in [5.74, 6) is 0.130. The largest absolute Gasteiger partial charge is 0.388 e. The molecule has 0 unspecified atom stereocenters. The highest BCUT2D eigenvalue weighted by molar-refractivity contribution is 5.84. The number of benzene rings is 1. The van der Waals surface area contributed by atoms with Gasteiger partial charge in [-0.2, -0.15) is 0 Å². The van der Waals surface area contributed by atoms with Gasteiger partial charge in [0.25, 0.3) is 0 Å². The van der Waals surface area contributed by atoms with Gasteiger partial charge >= 0.3 is 0 Å². The number of carbonyl (C=O) groups excluding carboxylic acids is 1. The third-order valence-electron chi connectivity index (χ3n) is 3.53. The number of rotatable bonds is 2. The van der Waals surface area contributed by atoms with E-state index in [4.69, 9.17) is 0 Å². The van der Waals surface area contributed by atoms with Gasteiger partial charge in [0.15, 0.2) is 0 Å². The lowest BCUT2D eigenvalue weighted by atomic mass is 9.77. The monoisotopic (exact) mass is 218 g/mol. The molecule has 0 amide bonds. The van der Waals surface area contributed by atoms with Crippen molar-refractivity contribution in [2.75, 3.05) is 0 Å². The van der Waals surface area contributed by atoms with Crippen LogP contribution in [0.2, 0.25) is 0 Å². The second-order valence-corrected chi connectivity index (χ2v) is 4.70. The minimum absolute atomic E-state index is 0.108.